The number of hydrogen-bond donors (Lipinski definition) is 3. The van der Waals surface area contributed by atoms with Crippen molar-refractivity contribution >= 4 is 35.6 Å². The Morgan fingerprint density at radius 1 is 1.07 bits per heavy atom. The van der Waals surface area contributed by atoms with Gasteiger partial charge in [0.25, 0.3) is 5.91 Å². The predicted molar refractivity (Wildman–Crippen MR) is 169 cm³/mol. The van der Waals surface area contributed by atoms with Gasteiger partial charge in [-0.2, -0.15) is 5.26 Å². The van der Waals surface area contributed by atoms with Crippen molar-refractivity contribution in [3.05, 3.63) is 58.6 Å². The van der Waals surface area contributed by atoms with Crippen molar-refractivity contribution in [1.29, 1.82) is 5.26 Å². The van der Waals surface area contributed by atoms with Gasteiger partial charge >= 0.3 is 0 Å². The van der Waals surface area contributed by atoms with Gasteiger partial charge in [-0.3, -0.25) is 9.69 Å². The van der Waals surface area contributed by atoms with E-state index in [1.165, 1.54) is 0 Å². The molecule has 0 bridgehead atoms. The summed E-state index contributed by atoms with van der Waals surface area (Å²) < 4.78 is 6.35. The summed E-state index contributed by atoms with van der Waals surface area (Å²) in [6, 6.07) is 15.0. The summed E-state index contributed by atoms with van der Waals surface area (Å²) in [5, 5.41) is 27.0. The first-order chi connectivity index (χ1) is 19.4. The van der Waals surface area contributed by atoms with Gasteiger partial charge in [0, 0.05) is 66.9 Å². The van der Waals surface area contributed by atoms with E-state index in [2.05, 4.69) is 54.2 Å². The van der Waals surface area contributed by atoms with E-state index in [0.29, 0.717) is 21.9 Å². The SMILES string of the molecule is CC1(C)C(NC(=O)c2ccc(N3CCN(CC4(O)CCNCC4)CC3)cc2)C(C)(C)C1Oc1ccc(C#N)c(Cl)c1.Cl. The molecule has 1 saturated carbocycles. The standard InChI is InChI=1S/C32H42ClN5O3.ClH/c1-30(2)28(31(3,4)29(30)41-25-10-7-23(20-34)26(33)19-25)36-27(39)22-5-8-24(9-6-22)38-17-15-37(16-18-38)21-32(40)11-13-35-14-12-32;/h5-10,19,28-29,35,40H,11-18,21H2,1-4H3,(H,36,39);1H. The number of hydrogen-bond acceptors (Lipinski definition) is 7. The highest BCUT2D eigenvalue weighted by Crippen LogP contribution is 2.55. The number of rotatable bonds is 7. The van der Waals surface area contributed by atoms with E-state index < -0.39 is 5.60 Å². The fourth-order valence-corrected chi connectivity index (χ4v) is 7.48. The lowest BCUT2D eigenvalue weighted by molar-refractivity contribution is -0.164. The van der Waals surface area contributed by atoms with Gasteiger partial charge in [0.1, 0.15) is 17.9 Å². The molecule has 2 aliphatic heterocycles. The summed E-state index contributed by atoms with van der Waals surface area (Å²) in [6.07, 6.45) is 1.47. The van der Waals surface area contributed by atoms with Crippen molar-refractivity contribution in [2.24, 2.45) is 10.8 Å². The Morgan fingerprint density at radius 3 is 2.26 bits per heavy atom. The number of benzene rings is 2. The molecule has 2 saturated heterocycles. The molecule has 228 valence electrons. The highest BCUT2D eigenvalue weighted by atomic mass is 35.5. The number of nitrogens with zero attached hydrogens (tertiary/aromatic N) is 3. The lowest BCUT2D eigenvalue weighted by Gasteiger charge is -2.63. The van der Waals surface area contributed by atoms with Crippen molar-refractivity contribution < 1.29 is 14.6 Å². The number of amides is 1. The van der Waals surface area contributed by atoms with E-state index in [1.54, 1.807) is 18.2 Å². The number of nitriles is 1. The van der Waals surface area contributed by atoms with Gasteiger partial charge in [-0.1, -0.05) is 39.3 Å². The summed E-state index contributed by atoms with van der Waals surface area (Å²) in [7, 11) is 0. The van der Waals surface area contributed by atoms with E-state index in [0.717, 1.165) is 64.3 Å². The molecule has 2 aromatic rings. The second kappa shape index (κ2) is 12.6. The van der Waals surface area contributed by atoms with Gasteiger partial charge in [-0.25, -0.2) is 0 Å². The van der Waals surface area contributed by atoms with E-state index in [1.807, 2.05) is 24.3 Å². The Balaban J connectivity index is 0.00000405. The van der Waals surface area contributed by atoms with Crippen LogP contribution in [0, 0.1) is 22.2 Å². The summed E-state index contributed by atoms with van der Waals surface area (Å²) in [5.74, 6) is 0.520. The van der Waals surface area contributed by atoms with Gasteiger partial charge < -0.3 is 25.4 Å². The van der Waals surface area contributed by atoms with Gasteiger partial charge in [0.05, 0.1) is 16.2 Å². The molecule has 0 unspecified atom stereocenters. The van der Waals surface area contributed by atoms with E-state index >= 15 is 0 Å². The molecule has 2 heterocycles. The number of piperazine rings is 1. The minimum Gasteiger partial charge on any atom is -0.489 e. The predicted octanol–water partition coefficient (Wildman–Crippen LogP) is 4.48. The lowest BCUT2D eigenvalue weighted by atomic mass is 9.49. The van der Waals surface area contributed by atoms with Crippen LogP contribution >= 0.6 is 24.0 Å². The molecule has 0 atom stereocenters. The first-order valence-corrected chi connectivity index (χ1v) is 15.0. The molecule has 1 aliphatic carbocycles. The Labute approximate surface area is 260 Å². The lowest BCUT2D eigenvalue weighted by Crippen LogP contribution is -2.74. The van der Waals surface area contributed by atoms with E-state index in [4.69, 9.17) is 21.6 Å². The second-order valence-electron chi connectivity index (χ2n) is 13.1. The highest BCUT2D eigenvalue weighted by molar-refractivity contribution is 6.31. The van der Waals surface area contributed by atoms with Crippen LogP contribution in [0.25, 0.3) is 0 Å². The third-order valence-corrected chi connectivity index (χ3v) is 9.66. The van der Waals surface area contributed by atoms with Crippen LogP contribution in [0.2, 0.25) is 5.02 Å². The molecule has 42 heavy (non-hydrogen) atoms. The van der Waals surface area contributed by atoms with Crippen LogP contribution in [0.5, 0.6) is 5.75 Å². The van der Waals surface area contributed by atoms with E-state index in [-0.39, 0.29) is 41.3 Å². The second-order valence-corrected chi connectivity index (χ2v) is 13.5. The first-order valence-electron chi connectivity index (χ1n) is 14.6. The van der Waals surface area contributed by atoms with Gasteiger partial charge in [0.15, 0.2) is 0 Å². The number of anilines is 1. The molecular formula is C32H43Cl2N5O3. The Morgan fingerprint density at radius 2 is 1.69 bits per heavy atom. The third-order valence-electron chi connectivity index (χ3n) is 9.35. The molecule has 0 aromatic heterocycles. The zero-order valence-electron chi connectivity index (χ0n) is 25.0. The van der Waals surface area contributed by atoms with Crippen LogP contribution in [0.15, 0.2) is 42.5 Å². The maximum absolute atomic E-state index is 13.3. The van der Waals surface area contributed by atoms with Crippen molar-refractivity contribution in [3.8, 4) is 11.8 Å². The molecule has 3 aliphatic rings. The topological polar surface area (TPSA) is 101 Å². The van der Waals surface area contributed by atoms with Crippen molar-refractivity contribution in [2.45, 2.75) is 58.3 Å². The molecule has 0 radical (unpaired) electrons. The molecule has 0 spiro atoms. The molecule has 1 amide bonds. The molecule has 3 fully saturated rings. The third kappa shape index (κ3) is 6.51. The van der Waals surface area contributed by atoms with Crippen molar-refractivity contribution in [3.63, 3.8) is 0 Å². The number of aliphatic hydroxyl groups is 1. The van der Waals surface area contributed by atoms with Crippen LogP contribution in [-0.2, 0) is 0 Å². The smallest absolute Gasteiger partial charge is 0.251 e. The zero-order valence-corrected chi connectivity index (χ0v) is 26.5. The maximum Gasteiger partial charge on any atom is 0.251 e. The number of β-amino-alcohol motifs (C(OH)–C–C–N with tert-alkyl or cyclic N) is 1. The van der Waals surface area contributed by atoms with Gasteiger partial charge in [-0.05, 0) is 62.3 Å². The maximum atomic E-state index is 13.3. The fourth-order valence-electron chi connectivity index (χ4n) is 7.26. The zero-order chi connectivity index (χ0) is 29.4. The molecule has 3 N–H and O–H groups in total. The number of nitrogens with one attached hydrogen (secondary N) is 2. The van der Waals surface area contributed by atoms with Gasteiger partial charge in [-0.15, -0.1) is 12.4 Å². The molecule has 10 heteroatoms. The fraction of sp³-hybridized carbons (Fsp3) is 0.562. The average Bonchev–Trinajstić information content (AvgIpc) is 2.95. The number of carbonyl (C=O) groups excluding carboxylic acids is 1. The first kappa shape index (κ1) is 32.4. The molecule has 2 aromatic carbocycles. The minimum atomic E-state index is -0.574. The summed E-state index contributed by atoms with van der Waals surface area (Å²) >= 11 is 6.21. The average molecular weight is 617 g/mol. The van der Waals surface area contributed by atoms with Crippen LogP contribution in [0.3, 0.4) is 0 Å². The number of halogens is 2. The summed E-state index contributed by atoms with van der Waals surface area (Å²) in [5.41, 5.74) is 0.948. The molecular weight excluding hydrogens is 573 g/mol. The number of carbonyl (C=O) groups is 1. The molecule has 8 nitrogen and oxygen atoms in total. The van der Waals surface area contributed by atoms with Crippen LogP contribution < -0.4 is 20.3 Å². The Bertz CT molecular complexity index is 1280. The monoisotopic (exact) mass is 615 g/mol. The normalized spacial score (nSPS) is 24.5. The summed E-state index contributed by atoms with van der Waals surface area (Å²) in [4.78, 5) is 18.0. The quantitative estimate of drug-likeness (QED) is 0.422. The van der Waals surface area contributed by atoms with Crippen molar-refractivity contribution in [2.75, 3.05) is 50.7 Å². The summed E-state index contributed by atoms with van der Waals surface area (Å²) in [6.45, 7) is 14.6. The number of piperidine rings is 1. The van der Waals surface area contributed by atoms with Crippen molar-refractivity contribution in [1.82, 2.24) is 15.5 Å². The minimum absolute atomic E-state index is 0. The van der Waals surface area contributed by atoms with Crippen LogP contribution in [0.1, 0.15) is 56.5 Å². The Kier molecular flexibility index (Phi) is 9.71. The molecule has 5 rings (SSSR count). The van der Waals surface area contributed by atoms with E-state index in [9.17, 15) is 9.90 Å². The van der Waals surface area contributed by atoms with Crippen LogP contribution in [0.4, 0.5) is 5.69 Å². The van der Waals surface area contributed by atoms with Crippen LogP contribution in [-0.4, -0.2) is 79.5 Å². The van der Waals surface area contributed by atoms with Gasteiger partial charge in [0.2, 0.25) is 0 Å². The Hall–Kier alpha value is -2.54. The largest absolute Gasteiger partial charge is 0.489 e. The number of ether oxygens (including phenoxy) is 1. The highest BCUT2D eigenvalue weighted by Gasteiger charge is 2.64.